The monoisotopic (exact) mass is 269 g/mol. The van der Waals surface area contributed by atoms with Gasteiger partial charge in [-0.15, -0.1) is 11.6 Å². The molecule has 2 rings (SSSR count). The molecule has 0 radical (unpaired) electrons. The molecule has 1 atom stereocenters. The molecule has 1 saturated heterocycles. The number of hydrogen-bond acceptors (Lipinski definition) is 2. The fraction of sp³-hybridized carbons (Fsp3) is 0.692. The lowest BCUT2D eigenvalue weighted by Gasteiger charge is -2.23. The number of carbonyl (C=O) groups excluding carboxylic acids is 1. The van der Waals surface area contributed by atoms with Crippen molar-refractivity contribution in [2.24, 2.45) is 0 Å². The maximum atomic E-state index is 12.4. The Kier molecular flexibility index (Phi) is 4.64. The Labute approximate surface area is 113 Å². The van der Waals surface area contributed by atoms with E-state index in [0.717, 1.165) is 38.2 Å². The summed E-state index contributed by atoms with van der Waals surface area (Å²) < 4.78 is 1.92. The first-order valence-electron chi connectivity index (χ1n) is 6.67. The predicted molar refractivity (Wildman–Crippen MR) is 71.5 cm³/mol. The molecule has 1 unspecified atom stereocenters. The zero-order valence-electron chi connectivity index (χ0n) is 10.8. The molecular weight excluding hydrogens is 250 g/mol. The number of rotatable bonds is 3. The van der Waals surface area contributed by atoms with Gasteiger partial charge in [0.2, 0.25) is 5.91 Å². The average Bonchev–Trinajstić information content (AvgIpc) is 2.70. The van der Waals surface area contributed by atoms with Gasteiger partial charge in [0.25, 0.3) is 0 Å². The molecule has 0 saturated carbocycles. The van der Waals surface area contributed by atoms with Crippen LogP contribution in [0.3, 0.4) is 0 Å². The molecule has 2 heterocycles. The number of aryl methyl sites for hydroxylation is 1. The molecule has 1 aromatic rings. The molecule has 1 aliphatic rings. The second-order valence-electron chi connectivity index (χ2n) is 4.71. The maximum absolute atomic E-state index is 12.4. The van der Waals surface area contributed by atoms with Gasteiger partial charge in [-0.2, -0.15) is 0 Å². The SMILES string of the molecule is CCn1cncc1C(Cl)C(=O)N1CCCCCC1. The summed E-state index contributed by atoms with van der Waals surface area (Å²) in [5, 5.41) is -0.606. The van der Waals surface area contributed by atoms with Crippen LogP contribution in [0.2, 0.25) is 0 Å². The van der Waals surface area contributed by atoms with Crippen LogP contribution in [0.25, 0.3) is 0 Å². The highest BCUT2D eigenvalue weighted by Crippen LogP contribution is 2.24. The molecule has 0 spiro atoms. The van der Waals surface area contributed by atoms with Crippen molar-refractivity contribution in [2.75, 3.05) is 13.1 Å². The van der Waals surface area contributed by atoms with Gasteiger partial charge >= 0.3 is 0 Å². The lowest BCUT2D eigenvalue weighted by molar-refractivity contribution is -0.131. The van der Waals surface area contributed by atoms with Crippen molar-refractivity contribution >= 4 is 17.5 Å². The summed E-state index contributed by atoms with van der Waals surface area (Å²) in [5.41, 5.74) is 0.799. The highest BCUT2D eigenvalue weighted by Gasteiger charge is 2.26. The minimum Gasteiger partial charge on any atom is -0.341 e. The Morgan fingerprint density at radius 2 is 2.06 bits per heavy atom. The third kappa shape index (κ3) is 2.86. The van der Waals surface area contributed by atoms with Gasteiger partial charge in [-0.25, -0.2) is 4.98 Å². The van der Waals surface area contributed by atoms with E-state index in [1.807, 2.05) is 16.4 Å². The van der Waals surface area contributed by atoms with Gasteiger partial charge in [0.1, 0.15) is 0 Å². The van der Waals surface area contributed by atoms with Gasteiger partial charge in [0.05, 0.1) is 18.2 Å². The fourth-order valence-corrected chi connectivity index (χ4v) is 2.70. The summed E-state index contributed by atoms with van der Waals surface area (Å²) in [7, 11) is 0. The first-order valence-corrected chi connectivity index (χ1v) is 7.10. The van der Waals surface area contributed by atoms with Crippen molar-refractivity contribution in [2.45, 2.75) is 44.5 Å². The number of halogens is 1. The first-order chi connectivity index (χ1) is 8.74. The summed E-state index contributed by atoms with van der Waals surface area (Å²) in [4.78, 5) is 18.3. The smallest absolute Gasteiger partial charge is 0.246 e. The molecule has 1 aliphatic heterocycles. The zero-order chi connectivity index (χ0) is 13.0. The van der Waals surface area contributed by atoms with Gasteiger partial charge in [0.15, 0.2) is 5.38 Å². The van der Waals surface area contributed by atoms with E-state index in [1.54, 1.807) is 12.5 Å². The van der Waals surface area contributed by atoms with E-state index in [9.17, 15) is 4.79 Å². The third-order valence-corrected chi connectivity index (χ3v) is 3.89. The summed E-state index contributed by atoms with van der Waals surface area (Å²) in [6.07, 6.45) is 8.01. The van der Waals surface area contributed by atoms with Crippen molar-refractivity contribution in [3.05, 3.63) is 18.2 Å². The largest absolute Gasteiger partial charge is 0.341 e. The van der Waals surface area contributed by atoms with Crippen LogP contribution in [-0.4, -0.2) is 33.4 Å². The number of aromatic nitrogens is 2. The second-order valence-corrected chi connectivity index (χ2v) is 5.14. The Balaban J connectivity index is 2.07. The standard InChI is InChI=1S/C13H20ClN3O/c1-2-16-10-15-9-11(16)12(14)13(18)17-7-5-3-4-6-8-17/h9-10,12H,2-8H2,1H3. The zero-order valence-corrected chi connectivity index (χ0v) is 11.6. The number of imidazole rings is 1. The van der Waals surface area contributed by atoms with Crippen LogP contribution in [0, 0.1) is 0 Å². The van der Waals surface area contributed by atoms with Crippen LogP contribution in [0.15, 0.2) is 12.5 Å². The molecule has 0 N–H and O–H groups in total. The van der Waals surface area contributed by atoms with Crippen molar-refractivity contribution in [3.63, 3.8) is 0 Å². The average molecular weight is 270 g/mol. The molecule has 1 amide bonds. The molecule has 0 aromatic carbocycles. The summed E-state index contributed by atoms with van der Waals surface area (Å²) in [6.45, 7) is 4.47. The predicted octanol–water partition coefficient (Wildman–Crippen LogP) is 2.59. The number of carbonyl (C=O) groups is 1. The summed E-state index contributed by atoms with van der Waals surface area (Å²) >= 11 is 6.32. The number of hydrogen-bond donors (Lipinski definition) is 0. The Bertz CT molecular complexity index is 397. The van der Waals surface area contributed by atoms with Crippen molar-refractivity contribution < 1.29 is 4.79 Å². The highest BCUT2D eigenvalue weighted by atomic mass is 35.5. The lowest BCUT2D eigenvalue weighted by Crippen LogP contribution is -2.34. The Morgan fingerprint density at radius 3 is 2.67 bits per heavy atom. The number of amides is 1. The van der Waals surface area contributed by atoms with Crippen LogP contribution in [-0.2, 0) is 11.3 Å². The van der Waals surface area contributed by atoms with Crippen molar-refractivity contribution in [3.8, 4) is 0 Å². The number of nitrogens with zero attached hydrogens (tertiary/aromatic N) is 3. The molecule has 4 nitrogen and oxygen atoms in total. The quantitative estimate of drug-likeness (QED) is 0.791. The van der Waals surface area contributed by atoms with Gasteiger partial charge in [-0.05, 0) is 19.8 Å². The van der Waals surface area contributed by atoms with Gasteiger partial charge < -0.3 is 9.47 Å². The molecule has 100 valence electrons. The van der Waals surface area contributed by atoms with E-state index in [1.165, 1.54) is 12.8 Å². The van der Waals surface area contributed by atoms with Crippen LogP contribution in [0.5, 0.6) is 0 Å². The Hall–Kier alpha value is -1.03. The molecule has 1 aromatic heterocycles. The number of alkyl halides is 1. The molecule has 0 aliphatic carbocycles. The maximum Gasteiger partial charge on any atom is 0.246 e. The molecule has 5 heteroatoms. The van der Waals surface area contributed by atoms with Crippen LogP contribution in [0.1, 0.15) is 43.7 Å². The topological polar surface area (TPSA) is 38.1 Å². The molecule has 0 bridgehead atoms. The van der Waals surface area contributed by atoms with Gasteiger partial charge in [-0.1, -0.05) is 12.8 Å². The molecular formula is C13H20ClN3O. The fourth-order valence-electron chi connectivity index (χ4n) is 2.38. The normalized spacial score (nSPS) is 18.4. The second kappa shape index (κ2) is 6.23. The van der Waals surface area contributed by atoms with Gasteiger partial charge in [-0.3, -0.25) is 4.79 Å². The first kappa shape index (κ1) is 13.4. The summed E-state index contributed by atoms with van der Waals surface area (Å²) in [6, 6.07) is 0. The lowest BCUT2D eigenvalue weighted by atomic mass is 10.2. The van der Waals surface area contributed by atoms with E-state index in [-0.39, 0.29) is 5.91 Å². The van der Waals surface area contributed by atoms with Crippen LogP contribution >= 0.6 is 11.6 Å². The van der Waals surface area contributed by atoms with E-state index in [2.05, 4.69) is 4.98 Å². The Morgan fingerprint density at radius 1 is 1.39 bits per heavy atom. The third-order valence-electron chi connectivity index (χ3n) is 3.48. The number of likely N-dealkylation sites (tertiary alicyclic amines) is 1. The van der Waals surface area contributed by atoms with Crippen molar-refractivity contribution in [1.29, 1.82) is 0 Å². The molecule has 1 fully saturated rings. The van der Waals surface area contributed by atoms with Crippen LogP contribution in [0.4, 0.5) is 0 Å². The summed E-state index contributed by atoms with van der Waals surface area (Å²) in [5.74, 6) is 0.0220. The van der Waals surface area contributed by atoms with E-state index in [4.69, 9.17) is 11.6 Å². The van der Waals surface area contributed by atoms with E-state index < -0.39 is 5.38 Å². The minimum absolute atomic E-state index is 0.0220. The van der Waals surface area contributed by atoms with Crippen molar-refractivity contribution in [1.82, 2.24) is 14.5 Å². The molecule has 18 heavy (non-hydrogen) atoms. The van der Waals surface area contributed by atoms with Crippen LogP contribution < -0.4 is 0 Å². The van der Waals surface area contributed by atoms with E-state index >= 15 is 0 Å². The highest BCUT2D eigenvalue weighted by molar-refractivity contribution is 6.30. The minimum atomic E-state index is -0.606. The van der Waals surface area contributed by atoms with E-state index in [0.29, 0.717) is 0 Å². The van der Waals surface area contributed by atoms with Gasteiger partial charge in [0, 0.05) is 19.6 Å².